The number of rotatable bonds is 5. The first-order chi connectivity index (χ1) is 15.7. The number of fused-ring (bicyclic) bond motifs is 1. The van der Waals surface area contributed by atoms with Crippen LogP contribution < -0.4 is 4.18 Å². The van der Waals surface area contributed by atoms with Crippen LogP contribution in [0.3, 0.4) is 0 Å². The summed E-state index contributed by atoms with van der Waals surface area (Å²) >= 11 is 0. The first kappa shape index (κ1) is 25.9. The quantitative estimate of drug-likeness (QED) is 0.304. The lowest BCUT2D eigenvalue weighted by Gasteiger charge is -2.33. The lowest BCUT2D eigenvalue weighted by atomic mass is 10.0. The molecule has 0 N–H and O–H groups in total. The van der Waals surface area contributed by atoms with Crippen LogP contribution in [0.1, 0.15) is 50.3 Å². The molecule has 1 aliphatic carbocycles. The molecule has 2 aromatic rings. The van der Waals surface area contributed by atoms with Gasteiger partial charge in [-0.3, -0.25) is 0 Å². The molecule has 0 fully saturated rings. The van der Waals surface area contributed by atoms with Gasteiger partial charge in [-0.25, -0.2) is 4.79 Å². The maximum absolute atomic E-state index is 13.1. The van der Waals surface area contributed by atoms with Crippen molar-refractivity contribution < 1.29 is 35.3 Å². The van der Waals surface area contributed by atoms with E-state index in [9.17, 15) is 26.4 Å². The minimum absolute atomic E-state index is 0.300. The highest BCUT2D eigenvalue weighted by Gasteiger charge is 2.48. The molecule has 0 spiro atoms. The van der Waals surface area contributed by atoms with Crippen LogP contribution in [0.25, 0.3) is 0 Å². The molecule has 1 unspecified atom stereocenters. The van der Waals surface area contributed by atoms with Crippen molar-refractivity contribution in [1.82, 2.24) is 4.90 Å². The number of aryl methyl sites for hydroxylation is 1. The Balaban J connectivity index is 1.90. The van der Waals surface area contributed by atoms with E-state index in [0.717, 1.165) is 17.5 Å². The van der Waals surface area contributed by atoms with Crippen molar-refractivity contribution in [2.24, 2.45) is 0 Å². The van der Waals surface area contributed by atoms with Crippen molar-refractivity contribution in [2.75, 3.05) is 0 Å². The van der Waals surface area contributed by atoms with E-state index in [0.29, 0.717) is 31.4 Å². The summed E-state index contributed by atoms with van der Waals surface area (Å²) in [6.07, 6.45) is 1.87. The van der Waals surface area contributed by atoms with Gasteiger partial charge in [0, 0.05) is 12.6 Å². The van der Waals surface area contributed by atoms with Gasteiger partial charge in [0.05, 0.1) is 0 Å². The number of alkyl halides is 3. The summed E-state index contributed by atoms with van der Waals surface area (Å²) < 4.78 is 71.1. The van der Waals surface area contributed by atoms with E-state index in [-0.39, 0.29) is 6.04 Å². The van der Waals surface area contributed by atoms with E-state index >= 15 is 0 Å². The summed E-state index contributed by atoms with van der Waals surface area (Å²) in [5, 5.41) is 0. The maximum Gasteiger partial charge on any atom is 0.534 e. The second-order valence-corrected chi connectivity index (χ2v) is 10.8. The number of nitrogens with zero attached hydrogens (tertiary/aromatic N) is 1. The Morgan fingerprint density at radius 3 is 2.35 bits per heavy atom. The highest BCUT2D eigenvalue weighted by atomic mass is 32.2. The fourth-order valence-corrected chi connectivity index (χ4v) is 4.31. The standard InChI is InChI=1S/C24H28F3NO5S/c1-23(2,3)32-22(29)28(16-17-8-5-4-6-9-17)20-11-7-10-18-12-13-21(15-19(18)14-20)33-34(30,31)24(25,26)27/h4-6,8-9,12-13,15,20H,7,10-11,14,16H2,1-3H3. The minimum atomic E-state index is -5.78. The van der Waals surface area contributed by atoms with Crippen LogP contribution in [0.15, 0.2) is 48.5 Å². The molecule has 0 aromatic heterocycles. The fraction of sp³-hybridized carbons (Fsp3) is 0.458. The Bertz CT molecular complexity index is 1110. The number of carbonyl (C=O) groups is 1. The summed E-state index contributed by atoms with van der Waals surface area (Å²) in [5.74, 6) is -0.413. The van der Waals surface area contributed by atoms with E-state index in [2.05, 4.69) is 4.18 Å². The zero-order valence-electron chi connectivity index (χ0n) is 19.3. The summed E-state index contributed by atoms with van der Waals surface area (Å²) in [4.78, 5) is 14.8. The molecule has 0 saturated heterocycles. The predicted octanol–water partition coefficient (Wildman–Crippen LogP) is 5.60. The smallest absolute Gasteiger partial charge is 0.444 e. The van der Waals surface area contributed by atoms with Gasteiger partial charge in [0.25, 0.3) is 0 Å². The number of amides is 1. The highest BCUT2D eigenvalue weighted by molar-refractivity contribution is 7.88. The second-order valence-electron chi connectivity index (χ2n) is 9.26. The van der Waals surface area contributed by atoms with Crippen LogP contribution in [-0.4, -0.2) is 36.6 Å². The number of halogens is 3. The Kier molecular flexibility index (Phi) is 7.50. The Morgan fingerprint density at radius 1 is 1.06 bits per heavy atom. The van der Waals surface area contributed by atoms with Crippen molar-refractivity contribution in [3.8, 4) is 5.75 Å². The average molecular weight is 500 g/mol. The molecule has 3 rings (SSSR count). The molecule has 1 atom stereocenters. The number of ether oxygens (including phenoxy) is 1. The second kappa shape index (κ2) is 9.85. The van der Waals surface area contributed by atoms with E-state index < -0.39 is 33.1 Å². The lowest BCUT2D eigenvalue weighted by Crippen LogP contribution is -2.43. The largest absolute Gasteiger partial charge is 0.534 e. The fourth-order valence-electron chi connectivity index (χ4n) is 3.86. The first-order valence-corrected chi connectivity index (χ1v) is 12.3. The van der Waals surface area contributed by atoms with Crippen LogP contribution in [-0.2, 0) is 34.2 Å². The zero-order valence-corrected chi connectivity index (χ0v) is 20.1. The molecule has 0 saturated carbocycles. The maximum atomic E-state index is 13.1. The third kappa shape index (κ3) is 6.65. The number of carbonyl (C=O) groups excluding carboxylic acids is 1. The van der Waals surface area contributed by atoms with Crippen molar-refractivity contribution >= 4 is 16.2 Å². The van der Waals surface area contributed by atoms with Crippen LogP contribution in [0.2, 0.25) is 0 Å². The molecule has 0 heterocycles. The van der Waals surface area contributed by atoms with Crippen LogP contribution in [0.5, 0.6) is 5.75 Å². The molecule has 34 heavy (non-hydrogen) atoms. The Labute approximate surface area is 197 Å². The van der Waals surface area contributed by atoms with Gasteiger partial charge in [-0.05, 0) is 75.3 Å². The molecule has 186 valence electrons. The molecule has 0 radical (unpaired) electrons. The van der Waals surface area contributed by atoms with Gasteiger partial charge in [-0.1, -0.05) is 36.4 Å². The number of benzene rings is 2. The molecule has 2 aromatic carbocycles. The van der Waals surface area contributed by atoms with Crippen LogP contribution in [0, 0.1) is 0 Å². The summed E-state index contributed by atoms with van der Waals surface area (Å²) in [6, 6.07) is 13.2. The van der Waals surface area contributed by atoms with Crippen LogP contribution in [0.4, 0.5) is 18.0 Å². The monoisotopic (exact) mass is 499 g/mol. The SMILES string of the molecule is CC(C)(C)OC(=O)N(Cc1ccccc1)C1CCCc2ccc(OS(=O)(=O)C(F)(F)F)cc2C1. The zero-order chi connectivity index (χ0) is 25.1. The Morgan fingerprint density at radius 2 is 1.74 bits per heavy atom. The van der Waals surface area contributed by atoms with Gasteiger partial charge < -0.3 is 13.8 Å². The Hall–Kier alpha value is -2.75. The third-order valence-corrected chi connectivity index (χ3v) is 6.35. The van der Waals surface area contributed by atoms with E-state index in [4.69, 9.17) is 4.74 Å². The van der Waals surface area contributed by atoms with Gasteiger partial charge in [-0.15, -0.1) is 0 Å². The molecule has 0 aliphatic heterocycles. The number of hydrogen-bond acceptors (Lipinski definition) is 5. The van der Waals surface area contributed by atoms with Gasteiger partial charge in [0.1, 0.15) is 11.4 Å². The lowest BCUT2D eigenvalue weighted by molar-refractivity contribution is -0.0500. The average Bonchev–Trinajstić information content (AvgIpc) is 2.92. The summed E-state index contributed by atoms with van der Waals surface area (Å²) in [7, 11) is -5.78. The molecule has 1 amide bonds. The van der Waals surface area contributed by atoms with Gasteiger partial charge in [-0.2, -0.15) is 21.6 Å². The molecular formula is C24H28F3NO5S. The van der Waals surface area contributed by atoms with Crippen molar-refractivity contribution in [3.63, 3.8) is 0 Å². The predicted molar refractivity (Wildman–Crippen MR) is 121 cm³/mol. The first-order valence-electron chi connectivity index (χ1n) is 10.9. The summed E-state index contributed by atoms with van der Waals surface area (Å²) in [5.41, 5.74) is -3.80. The molecule has 1 aliphatic rings. The van der Waals surface area contributed by atoms with Crippen molar-refractivity contribution in [3.05, 3.63) is 65.2 Å². The molecule has 0 bridgehead atoms. The van der Waals surface area contributed by atoms with Gasteiger partial charge in [0.15, 0.2) is 0 Å². The summed E-state index contributed by atoms with van der Waals surface area (Å²) in [6.45, 7) is 5.63. The van der Waals surface area contributed by atoms with Crippen LogP contribution >= 0.6 is 0 Å². The molecule has 6 nitrogen and oxygen atoms in total. The molecular weight excluding hydrogens is 471 g/mol. The van der Waals surface area contributed by atoms with E-state index in [1.807, 2.05) is 30.3 Å². The highest BCUT2D eigenvalue weighted by Crippen LogP contribution is 2.32. The van der Waals surface area contributed by atoms with Crippen molar-refractivity contribution in [1.29, 1.82) is 0 Å². The topological polar surface area (TPSA) is 72.9 Å². The number of hydrogen-bond donors (Lipinski definition) is 0. The molecule has 10 heteroatoms. The normalized spacial score (nSPS) is 16.8. The minimum Gasteiger partial charge on any atom is -0.444 e. The van der Waals surface area contributed by atoms with E-state index in [1.165, 1.54) is 12.1 Å². The van der Waals surface area contributed by atoms with Gasteiger partial charge >= 0.3 is 21.7 Å². The van der Waals surface area contributed by atoms with E-state index in [1.54, 1.807) is 31.7 Å². The van der Waals surface area contributed by atoms with Crippen molar-refractivity contribution in [2.45, 2.75) is 70.2 Å². The third-order valence-electron chi connectivity index (χ3n) is 5.37. The van der Waals surface area contributed by atoms with Gasteiger partial charge in [0.2, 0.25) is 0 Å².